The fourth-order valence-electron chi connectivity index (χ4n) is 2.35. The SMILES string of the molecule is CC(C)(C)OC(=O)N1C[C@H]2C[C@@H](O)[C@H]2C1. The van der Waals surface area contributed by atoms with Crippen LogP contribution in [0.4, 0.5) is 4.79 Å². The summed E-state index contributed by atoms with van der Waals surface area (Å²) in [6, 6.07) is 0. The average molecular weight is 213 g/mol. The lowest BCUT2D eigenvalue weighted by molar-refractivity contribution is -0.00455. The van der Waals surface area contributed by atoms with Crippen LogP contribution in [-0.2, 0) is 4.74 Å². The minimum atomic E-state index is -0.433. The lowest BCUT2D eigenvalue weighted by Gasteiger charge is -2.34. The summed E-state index contributed by atoms with van der Waals surface area (Å²) in [5, 5.41) is 9.47. The van der Waals surface area contributed by atoms with Crippen molar-refractivity contribution in [2.75, 3.05) is 13.1 Å². The van der Waals surface area contributed by atoms with E-state index in [0.717, 1.165) is 13.0 Å². The predicted molar refractivity (Wildman–Crippen MR) is 55.4 cm³/mol. The molecule has 1 amide bonds. The molecule has 1 heterocycles. The highest BCUT2D eigenvalue weighted by Crippen LogP contribution is 2.41. The van der Waals surface area contributed by atoms with Crippen molar-refractivity contribution in [3.05, 3.63) is 0 Å². The molecule has 1 aliphatic heterocycles. The summed E-state index contributed by atoms with van der Waals surface area (Å²) < 4.78 is 5.29. The van der Waals surface area contributed by atoms with Crippen molar-refractivity contribution in [3.63, 3.8) is 0 Å². The van der Waals surface area contributed by atoms with Gasteiger partial charge in [0, 0.05) is 19.0 Å². The van der Waals surface area contributed by atoms with Crippen LogP contribution in [0.25, 0.3) is 0 Å². The number of ether oxygens (including phenoxy) is 1. The highest BCUT2D eigenvalue weighted by atomic mass is 16.6. The summed E-state index contributed by atoms with van der Waals surface area (Å²) in [6.07, 6.45) is 0.385. The van der Waals surface area contributed by atoms with Crippen LogP contribution in [0.1, 0.15) is 27.2 Å². The van der Waals surface area contributed by atoms with Gasteiger partial charge in [-0.1, -0.05) is 0 Å². The summed E-state index contributed by atoms with van der Waals surface area (Å²) in [6.45, 7) is 7.00. The molecule has 3 atom stereocenters. The van der Waals surface area contributed by atoms with E-state index >= 15 is 0 Å². The molecular weight excluding hydrogens is 194 g/mol. The van der Waals surface area contributed by atoms with E-state index in [9.17, 15) is 9.90 Å². The van der Waals surface area contributed by atoms with Gasteiger partial charge >= 0.3 is 6.09 Å². The monoisotopic (exact) mass is 213 g/mol. The van der Waals surface area contributed by atoms with Gasteiger partial charge in [-0.15, -0.1) is 0 Å². The zero-order valence-electron chi connectivity index (χ0n) is 9.56. The lowest BCUT2D eigenvalue weighted by atomic mass is 9.74. The molecule has 1 saturated heterocycles. The maximum atomic E-state index is 11.7. The third-order valence-electron chi connectivity index (χ3n) is 3.18. The molecule has 86 valence electrons. The van der Waals surface area contributed by atoms with Crippen molar-refractivity contribution in [3.8, 4) is 0 Å². The Balaban J connectivity index is 1.88. The number of likely N-dealkylation sites (tertiary alicyclic amines) is 1. The van der Waals surface area contributed by atoms with Crippen LogP contribution in [0.5, 0.6) is 0 Å². The molecule has 15 heavy (non-hydrogen) atoms. The quantitative estimate of drug-likeness (QED) is 0.658. The van der Waals surface area contributed by atoms with Crippen LogP contribution in [0, 0.1) is 11.8 Å². The van der Waals surface area contributed by atoms with Crippen LogP contribution in [-0.4, -0.2) is 40.9 Å². The molecule has 0 aromatic carbocycles. The topological polar surface area (TPSA) is 49.8 Å². The van der Waals surface area contributed by atoms with Crippen molar-refractivity contribution in [2.45, 2.75) is 38.9 Å². The van der Waals surface area contributed by atoms with E-state index in [1.54, 1.807) is 4.90 Å². The molecule has 0 bridgehead atoms. The van der Waals surface area contributed by atoms with E-state index in [4.69, 9.17) is 4.74 Å². The Labute approximate surface area is 90.2 Å². The van der Waals surface area contributed by atoms with E-state index in [1.165, 1.54) is 0 Å². The van der Waals surface area contributed by atoms with Crippen LogP contribution in [0.15, 0.2) is 0 Å². The van der Waals surface area contributed by atoms with E-state index in [0.29, 0.717) is 12.5 Å². The number of nitrogens with zero attached hydrogens (tertiary/aromatic N) is 1. The number of amides is 1. The molecule has 0 spiro atoms. The van der Waals surface area contributed by atoms with Gasteiger partial charge in [0.15, 0.2) is 0 Å². The molecule has 0 aromatic rings. The van der Waals surface area contributed by atoms with E-state index in [2.05, 4.69) is 0 Å². The number of hydrogen-bond acceptors (Lipinski definition) is 3. The van der Waals surface area contributed by atoms with E-state index < -0.39 is 5.60 Å². The molecule has 1 saturated carbocycles. The summed E-state index contributed by atoms with van der Waals surface area (Å²) >= 11 is 0. The van der Waals surface area contributed by atoms with Gasteiger partial charge in [0.2, 0.25) is 0 Å². The molecule has 4 heteroatoms. The Morgan fingerprint density at radius 3 is 2.53 bits per heavy atom. The number of aliphatic hydroxyl groups is 1. The van der Waals surface area contributed by atoms with Gasteiger partial charge < -0.3 is 14.7 Å². The van der Waals surface area contributed by atoms with Crippen LogP contribution < -0.4 is 0 Å². The summed E-state index contributed by atoms with van der Waals surface area (Å²) in [7, 11) is 0. The first-order valence-electron chi connectivity index (χ1n) is 5.53. The van der Waals surface area contributed by atoms with Gasteiger partial charge in [-0.25, -0.2) is 4.79 Å². The molecular formula is C11H19NO3. The molecule has 2 rings (SSSR count). The maximum absolute atomic E-state index is 11.7. The molecule has 2 aliphatic rings. The summed E-state index contributed by atoms with van der Waals surface area (Å²) in [5.74, 6) is 0.782. The molecule has 0 radical (unpaired) electrons. The van der Waals surface area contributed by atoms with Crippen molar-refractivity contribution in [2.24, 2.45) is 11.8 Å². The average Bonchev–Trinajstić information content (AvgIpc) is 2.39. The van der Waals surface area contributed by atoms with Crippen molar-refractivity contribution < 1.29 is 14.6 Å². The smallest absolute Gasteiger partial charge is 0.410 e. The lowest BCUT2D eigenvalue weighted by Crippen LogP contribution is -2.40. The highest BCUT2D eigenvalue weighted by molar-refractivity contribution is 5.68. The Morgan fingerprint density at radius 2 is 2.07 bits per heavy atom. The summed E-state index contributed by atoms with van der Waals surface area (Å²) in [5.41, 5.74) is -0.433. The molecule has 4 nitrogen and oxygen atoms in total. The number of hydrogen-bond donors (Lipinski definition) is 1. The Hall–Kier alpha value is -0.770. The number of aliphatic hydroxyl groups excluding tert-OH is 1. The molecule has 0 aromatic heterocycles. The van der Waals surface area contributed by atoms with Crippen molar-refractivity contribution >= 4 is 6.09 Å². The van der Waals surface area contributed by atoms with Gasteiger partial charge in [-0.05, 0) is 33.1 Å². The first-order chi connectivity index (χ1) is 6.87. The second-order valence-electron chi connectivity index (χ2n) is 5.61. The van der Waals surface area contributed by atoms with Gasteiger partial charge in [0.05, 0.1) is 6.10 Å². The Bertz CT molecular complexity index is 271. The zero-order chi connectivity index (χ0) is 11.2. The van der Waals surface area contributed by atoms with Gasteiger partial charge in [-0.3, -0.25) is 0 Å². The first kappa shape index (κ1) is 10.7. The first-order valence-corrected chi connectivity index (χ1v) is 5.53. The van der Waals surface area contributed by atoms with Gasteiger partial charge in [-0.2, -0.15) is 0 Å². The molecule has 0 unspecified atom stereocenters. The van der Waals surface area contributed by atoms with E-state index in [-0.39, 0.29) is 18.1 Å². The minimum absolute atomic E-state index is 0.206. The number of carbonyl (C=O) groups excluding carboxylic acids is 1. The standard InChI is InChI=1S/C11H19NO3/c1-11(2,3)15-10(14)12-5-7-4-9(13)8(7)6-12/h7-9,13H,4-6H2,1-3H3/t7-,8+,9-/m1/s1. The van der Waals surface area contributed by atoms with E-state index in [1.807, 2.05) is 20.8 Å². The van der Waals surface area contributed by atoms with Crippen molar-refractivity contribution in [1.82, 2.24) is 4.90 Å². The Morgan fingerprint density at radius 1 is 1.40 bits per heavy atom. The normalized spacial score (nSPS) is 34.7. The highest BCUT2D eigenvalue weighted by Gasteiger charge is 2.48. The van der Waals surface area contributed by atoms with Crippen LogP contribution >= 0.6 is 0 Å². The fourth-order valence-corrected chi connectivity index (χ4v) is 2.35. The van der Waals surface area contributed by atoms with Crippen LogP contribution in [0.3, 0.4) is 0 Å². The Kier molecular flexibility index (Phi) is 2.41. The molecule has 2 fully saturated rings. The second kappa shape index (κ2) is 3.37. The van der Waals surface area contributed by atoms with Gasteiger partial charge in [0.25, 0.3) is 0 Å². The third-order valence-corrected chi connectivity index (χ3v) is 3.18. The van der Waals surface area contributed by atoms with Gasteiger partial charge in [0.1, 0.15) is 5.60 Å². The summed E-state index contributed by atoms with van der Waals surface area (Å²) in [4.78, 5) is 13.4. The predicted octanol–water partition coefficient (Wildman–Crippen LogP) is 1.23. The van der Waals surface area contributed by atoms with Crippen LogP contribution in [0.2, 0.25) is 0 Å². The third kappa shape index (κ3) is 2.09. The molecule has 1 N–H and O–H groups in total. The van der Waals surface area contributed by atoms with Crippen molar-refractivity contribution in [1.29, 1.82) is 0 Å². The number of rotatable bonds is 0. The number of carbonyl (C=O) groups is 1. The largest absolute Gasteiger partial charge is 0.444 e. The molecule has 1 aliphatic carbocycles. The second-order valence-corrected chi connectivity index (χ2v) is 5.61. The minimum Gasteiger partial charge on any atom is -0.444 e. The fraction of sp³-hybridized carbons (Fsp3) is 0.909. The number of fused-ring (bicyclic) bond motifs is 1. The zero-order valence-corrected chi connectivity index (χ0v) is 9.56. The maximum Gasteiger partial charge on any atom is 0.410 e.